The Morgan fingerprint density at radius 2 is 1.87 bits per heavy atom. The minimum atomic E-state index is -0.694. The van der Waals surface area contributed by atoms with Crippen LogP contribution < -0.4 is 21.7 Å². The predicted octanol–water partition coefficient (Wildman–Crippen LogP) is 0.692. The van der Waals surface area contributed by atoms with Gasteiger partial charge in [0.2, 0.25) is 0 Å². The largest absolute Gasteiger partial charge is 0.351 e. The van der Waals surface area contributed by atoms with Crippen LogP contribution in [0.25, 0.3) is 0 Å². The molecule has 80 valence electrons. The highest BCUT2D eigenvalue weighted by Crippen LogP contribution is 2.23. The van der Waals surface area contributed by atoms with E-state index in [1.54, 1.807) is 24.3 Å². The highest BCUT2D eigenvalue weighted by Gasteiger charge is 2.11. The van der Waals surface area contributed by atoms with Crippen molar-refractivity contribution in [2.45, 2.75) is 0 Å². The zero-order chi connectivity index (χ0) is 11.4. The molecule has 0 unspecified atom stereocenters. The molecule has 0 aromatic heterocycles. The van der Waals surface area contributed by atoms with Gasteiger partial charge in [0.1, 0.15) is 0 Å². The van der Waals surface area contributed by atoms with Crippen molar-refractivity contribution in [3.63, 3.8) is 0 Å². The number of anilines is 2. The molecule has 4 amide bonds. The Labute approximate surface area is 86.8 Å². The monoisotopic (exact) mass is 208 g/mol. The van der Waals surface area contributed by atoms with E-state index in [9.17, 15) is 9.59 Å². The van der Waals surface area contributed by atoms with Crippen LogP contribution in [0.4, 0.5) is 21.0 Å². The Hall–Kier alpha value is -2.24. The van der Waals surface area contributed by atoms with Gasteiger partial charge in [0.25, 0.3) is 0 Å². The Balaban J connectivity index is 3.05. The smallest absolute Gasteiger partial charge is 0.319 e. The second-order valence-electron chi connectivity index (χ2n) is 2.90. The molecule has 1 aromatic carbocycles. The fourth-order valence-corrected chi connectivity index (χ4v) is 1.12. The minimum absolute atomic E-state index is 0.436. The Morgan fingerprint density at radius 3 is 2.40 bits per heavy atom. The summed E-state index contributed by atoms with van der Waals surface area (Å²) in [6, 6.07) is 5.40. The van der Waals surface area contributed by atoms with Crippen LogP contribution in [-0.4, -0.2) is 19.1 Å². The van der Waals surface area contributed by atoms with Crippen LogP contribution in [0.1, 0.15) is 0 Å². The van der Waals surface area contributed by atoms with Gasteiger partial charge in [0.15, 0.2) is 0 Å². The summed E-state index contributed by atoms with van der Waals surface area (Å²) in [5.41, 5.74) is 11.0. The number of nitrogens with two attached hydrogens (primary N) is 2. The van der Waals surface area contributed by atoms with Crippen LogP contribution in [0.3, 0.4) is 0 Å². The molecule has 0 atom stereocenters. The number of nitrogens with zero attached hydrogens (tertiary/aromatic N) is 1. The van der Waals surface area contributed by atoms with Gasteiger partial charge in [-0.25, -0.2) is 9.59 Å². The molecule has 0 aliphatic heterocycles. The fraction of sp³-hybridized carbons (Fsp3) is 0.111. The van der Waals surface area contributed by atoms with Crippen molar-refractivity contribution < 1.29 is 9.59 Å². The van der Waals surface area contributed by atoms with E-state index in [2.05, 4.69) is 5.32 Å². The highest BCUT2D eigenvalue weighted by atomic mass is 16.2. The van der Waals surface area contributed by atoms with Gasteiger partial charge in [-0.15, -0.1) is 0 Å². The summed E-state index contributed by atoms with van der Waals surface area (Å²) in [5.74, 6) is 0. The summed E-state index contributed by atoms with van der Waals surface area (Å²) < 4.78 is 0. The van der Waals surface area contributed by atoms with Gasteiger partial charge < -0.3 is 16.8 Å². The lowest BCUT2D eigenvalue weighted by Crippen LogP contribution is -2.33. The molecule has 6 nitrogen and oxygen atoms in total. The Morgan fingerprint density at radius 1 is 1.27 bits per heavy atom. The van der Waals surface area contributed by atoms with Gasteiger partial charge in [-0.05, 0) is 12.1 Å². The van der Waals surface area contributed by atoms with Crippen LogP contribution in [-0.2, 0) is 0 Å². The SMILES string of the molecule is CN(C(N)=O)c1ccccc1NC(N)=O. The quantitative estimate of drug-likeness (QED) is 0.665. The third-order valence-corrected chi connectivity index (χ3v) is 1.85. The molecule has 0 fully saturated rings. The lowest BCUT2D eigenvalue weighted by atomic mass is 10.2. The zero-order valence-corrected chi connectivity index (χ0v) is 8.23. The Kier molecular flexibility index (Phi) is 3.12. The number of nitrogens with one attached hydrogen (secondary N) is 1. The van der Waals surface area contributed by atoms with Crippen molar-refractivity contribution >= 4 is 23.4 Å². The van der Waals surface area contributed by atoms with Gasteiger partial charge in [-0.3, -0.25) is 4.90 Å². The molecule has 0 heterocycles. The number of benzene rings is 1. The van der Waals surface area contributed by atoms with Crippen molar-refractivity contribution in [1.29, 1.82) is 0 Å². The van der Waals surface area contributed by atoms with E-state index in [-0.39, 0.29) is 0 Å². The summed E-state index contributed by atoms with van der Waals surface area (Å²) in [7, 11) is 1.50. The van der Waals surface area contributed by atoms with Gasteiger partial charge in [0, 0.05) is 7.05 Å². The molecule has 0 radical (unpaired) electrons. The maximum absolute atomic E-state index is 10.9. The highest BCUT2D eigenvalue weighted by molar-refractivity contribution is 5.98. The summed E-state index contributed by atoms with van der Waals surface area (Å²) in [6.07, 6.45) is 0. The van der Waals surface area contributed by atoms with Crippen LogP contribution in [0.2, 0.25) is 0 Å². The summed E-state index contributed by atoms with van der Waals surface area (Å²) in [4.78, 5) is 22.8. The summed E-state index contributed by atoms with van der Waals surface area (Å²) >= 11 is 0. The Bertz CT molecular complexity index is 391. The number of primary amides is 2. The van der Waals surface area contributed by atoms with Crippen LogP contribution in [0.5, 0.6) is 0 Å². The molecule has 0 spiro atoms. The molecule has 0 saturated heterocycles. The van der Waals surface area contributed by atoms with Crippen molar-refractivity contribution in [3.05, 3.63) is 24.3 Å². The molecule has 5 N–H and O–H groups in total. The molecule has 15 heavy (non-hydrogen) atoms. The number of amides is 4. The van der Waals surface area contributed by atoms with E-state index in [0.717, 1.165) is 0 Å². The maximum Gasteiger partial charge on any atom is 0.319 e. The second kappa shape index (κ2) is 4.32. The third kappa shape index (κ3) is 2.60. The lowest BCUT2D eigenvalue weighted by molar-refractivity contribution is 0.254. The fourth-order valence-electron chi connectivity index (χ4n) is 1.12. The predicted molar refractivity (Wildman–Crippen MR) is 57.6 cm³/mol. The van der Waals surface area contributed by atoms with E-state index in [4.69, 9.17) is 11.5 Å². The lowest BCUT2D eigenvalue weighted by Gasteiger charge is -2.18. The molecular formula is C9H12N4O2. The number of hydrogen-bond acceptors (Lipinski definition) is 2. The molecule has 1 aromatic rings. The van der Waals surface area contributed by atoms with Crippen LogP contribution in [0, 0.1) is 0 Å². The van der Waals surface area contributed by atoms with E-state index in [0.29, 0.717) is 11.4 Å². The molecule has 0 aliphatic rings. The van der Waals surface area contributed by atoms with E-state index >= 15 is 0 Å². The van der Waals surface area contributed by atoms with Crippen LogP contribution >= 0.6 is 0 Å². The first-order chi connectivity index (χ1) is 7.02. The summed E-state index contributed by atoms with van der Waals surface area (Å²) in [5, 5.41) is 2.40. The molecule has 1 rings (SSSR count). The number of rotatable bonds is 2. The number of carbonyl (C=O) groups excluding carboxylic acids is 2. The molecule has 0 saturated carbocycles. The van der Waals surface area contributed by atoms with Crippen molar-refractivity contribution in [2.24, 2.45) is 11.5 Å². The number of hydrogen-bond donors (Lipinski definition) is 3. The molecular weight excluding hydrogens is 196 g/mol. The topological polar surface area (TPSA) is 101 Å². The number of carbonyl (C=O) groups is 2. The number of para-hydroxylation sites is 2. The first-order valence-electron chi connectivity index (χ1n) is 4.21. The van der Waals surface area contributed by atoms with E-state index in [1.165, 1.54) is 11.9 Å². The van der Waals surface area contributed by atoms with E-state index in [1.807, 2.05) is 0 Å². The van der Waals surface area contributed by atoms with Crippen molar-refractivity contribution in [1.82, 2.24) is 0 Å². The van der Waals surface area contributed by atoms with E-state index < -0.39 is 12.1 Å². The first kappa shape index (κ1) is 10.8. The zero-order valence-electron chi connectivity index (χ0n) is 8.23. The number of urea groups is 2. The first-order valence-corrected chi connectivity index (χ1v) is 4.21. The third-order valence-electron chi connectivity index (χ3n) is 1.85. The van der Waals surface area contributed by atoms with Crippen molar-refractivity contribution in [2.75, 3.05) is 17.3 Å². The average Bonchev–Trinajstić information content (AvgIpc) is 2.16. The molecule has 6 heteroatoms. The second-order valence-corrected chi connectivity index (χ2v) is 2.90. The van der Waals surface area contributed by atoms with Gasteiger partial charge in [-0.2, -0.15) is 0 Å². The van der Waals surface area contributed by atoms with Gasteiger partial charge in [0.05, 0.1) is 11.4 Å². The molecule has 0 aliphatic carbocycles. The average molecular weight is 208 g/mol. The minimum Gasteiger partial charge on any atom is -0.351 e. The normalized spacial score (nSPS) is 9.40. The van der Waals surface area contributed by atoms with Gasteiger partial charge >= 0.3 is 12.1 Å². The summed E-state index contributed by atoms with van der Waals surface area (Å²) in [6.45, 7) is 0. The maximum atomic E-state index is 10.9. The standard InChI is InChI=1S/C9H12N4O2/c1-13(9(11)15)7-5-3-2-4-6(7)12-8(10)14/h2-5H,1H3,(H2,11,15)(H3,10,12,14). The molecule has 0 bridgehead atoms. The van der Waals surface area contributed by atoms with Crippen LogP contribution in [0.15, 0.2) is 24.3 Å². The van der Waals surface area contributed by atoms with Gasteiger partial charge in [-0.1, -0.05) is 12.1 Å². The van der Waals surface area contributed by atoms with Crippen molar-refractivity contribution in [3.8, 4) is 0 Å².